The van der Waals surface area contributed by atoms with Crippen LogP contribution in [0.1, 0.15) is 47.4 Å². The molecule has 3 N–H and O–H groups in total. The second kappa shape index (κ2) is 12.1. The van der Waals surface area contributed by atoms with Crippen LogP contribution in [0.2, 0.25) is 5.02 Å². The molecule has 1 atom stereocenters. The Morgan fingerprint density at radius 1 is 1.09 bits per heavy atom. The minimum Gasteiger partial charge on any atom is -0.368 e. The fourth-order valence-corrected chi connectivity index (χ4v) is 5.88. The molecule has 3 aliphatic rings. The quantitative estimate of drug-likeness (QED) is 0.508. The summed E-state index contributed by atoms with van der Waals surface area (Å²) in [5.41, 5.74) is 5.09. The van der Waals surface area contributed by atoms with Gasteiger partial charge in [0.15, 0.2) is 5.69 Å². The predicted molar refractivity (Wildman–Crippen MR) is 154 cm³/mol. The zero-order valence-corrected chi connectivity index (χ0v) is 24.7. The molecular weight excluding hydrogens is 589 g/mol. The first kappa shape index (κ1) is 30.7. The summed E-state index contributed by atoms with van der Waals surface area (Å²) in [5, 5.41) is 7.10. The van der Waals surface area contributed by atoms with Gasteiger partial charge in [-0.25, -0.2) is 0 Å². The number of carbonyl (C=O) groups is 3. The number of rotatable bonds is 6. The lowest BCUT2D eigenvalue weighted by Crippen LogP contribution is -2.52. The number of primary amides is 1. The molecule has 3 aliphatic heterocycles. The molecule has 11 nitrogen and oxygen atoms in total. The first-order valence-corrected chi connectivity index (χ1v) is 14.5. The molecule has 0 radical (unpaired) electrons. The van der Waals surface area contributed by atoms with E-state index in [2.05, 4.69) is 10.4 Å². The van der Waals surface area contributed by atoms with Gasteiger partial charge in [0.25, 0.3) is 5.91 Å². The van der Waals surface area contributed by atoms with Crippen molar-refractivity contribution in [2.45, 2.75) is 32.0 Å². The highest BCUT2D eigenvalue weighted by atomic mass is 35.5. The van der Waals surface area contributed by atoms with Gasteiger partial charge in [-0.3, -0.25) is 19.1 Å². The summed E-state index contributed by atoms with van der Waals surface area (Å²) in [6.45, 7) is 4.99. The van der Waals surface area contributed by atoms with E-state index in [-0.39, 0.29) is 40.7 Å². The van der Waals surface area contributed by atoms with Gasteiger partial charge in [-0.15, -0.1) is 0 Å². The predicted octanol–water partition coefficient (Wildman–Crippen LogP) is 2.59. The van der Waals surface area contributed by atoms with Crippen molar-refractivity contribution in [2.75, 3.05) is 57.9 Å². The van der Waals surface area contributed by atoms with E-state index in [0.717, 1.165) is 30.6 Å². The fourth-order valence-electron chi connectivity index (χ4n) is 5.62. The number of hydrogen-bond donors (Lipinski definition) is 2. The van der Waals surface area contributed by atoms with Crippen LogP contribution >= 0.6 is 11.6 Å². The van der Waals surface area contributed by atoms with Gasteiger partial charge in [0.05, 0.1) is 23.0 Å². The highest BCUT2D eigenvalue weighted by Gasteiger charge is 2.40. The van der Waals surface area contributed by atoms with Crippen molar-refractivity contribution < 1.29 is 27.6 Å². The summed E-state index contributed by atoms with van der Waals surface area (Å²) < 4.78 is 42.5. The van der Waals surface area contributed by atoms with Crippen molar-refractivity contribution in [2.24, 2.45) is 11.7 Å². The van der Waals surface area contributed by atoms with Gasteiger partial charge in [-0.1, -0.05) is 11.6 Å². The van der Waals surface area contributed by atoms with E-state index >= 15 is 0 Å². The summed E-state index contributed by atoms with van der Waals surface area (Å²) in [6.07, 6.45) is -0.406. The maximum atomic E-state index is 13.9. The lowest BCUT2D eigenvalue weighted by molar-refractivity contribution is -0.142. The Labute approximate surface area is 252 Å². The SMILES string of the molecule is CC(C(N)=O)n1cc(C2=CN(c3ccc(C(=O)N4CCN(C(=O)C5CCNCC5)CC4)c(Cl)c3)CN2C)c(C(F)(F)F)n1. The molecule has 4 heterocycles. The maximum absolute atomic E-state index is 13.9. The van der Waals surface area contributed by atoms with Crippen LogP contribution in [0.5, 0.6) is 0 Å². The number of carbonyl (C=O) groups excluding carboxylic acids is 3. The number of amides is 3. The number of nitrogens with one attached hydrogen (secondary N) is 1. The normalized spacial score (nSPS) is 19.1. The van der Waals surface area contributed by atoms with Gasteiger partial charge >= 0.3 is 6.18 Å². The minimum absolute atomic E-state index is 0.0274. The Morgan fingerprint density at radius 2 is 1.74 bits per heavy atom. The van der Waals surface area contributed by atoms with Crippen molar-refractivity contribution in [3.05, 3.63) is 52.4 Å². The van der Waals surface area contributed by atoms with Gasteiger partial charge in [0.2, 0.25) is 11.8 Å². The minimum atomic E-state index is -4.76. The average molecular weight is 623 g/mol. The molecule has 2 aromatic rings. The van der Waals surface area contributed by atoms with Crippen LogP contribution in [-0.4, -0.2) is 95.2 Å². The molecule has 3 amide bonds. The van der Waals surface area contributed by atoms with Crippen molar-refractivity contribution in [3.8, 4) is 0 Å². The third-order valence-electron chi connectivity index (χ3n) is 8.22. The number of nitrogens with zero attached hydrogens (tertiary/aromatic N) is 6. The van der Waals surface area contributed by atoms with E-state index in [4.69, 9.17) is 17.3 Å². The molecule has 1 unspecified atom stereocenters. The van der Waals surface area contributed by atoms with Crippen molar-refractivity contribution in [1.29, 1.82) is 0 Å². The molecule has 0 bridgehead atoms. The summed E-state index contributed by atoms with van der Waals surface area (Å²) in [7, 11) is 1.63. The molecule has 43 heavy (non-hydrogen) atoms. The lowest BCUT2D eigenvalue weighted by Gasteiger charge is -2.37. The van der Waals surface area contributed by atoms with E-state index < -0.39 is 23.8 Å². The van der Waals surface area contributed by atoms with Gasteiger partial charge in [0, 0.05) is 62.8 Å². The Kier molecular flexibility index (Phi) is 8.61. The molecule has 2 saturated heterocycles. The number of nitrogens with two attached hydrogens (primary N) is 1. The Bertz CT molecular complexity index is 1430. The number of hydrogen-bond acceptors (Lipinski definition) is 7. The monoisotopic (exact) mass is 622 g/mol. The van der Waals surface area contributed by atoms with Crippen LogP contribution in [0.25, 0.3) is 5.70 Å². The van der Waals surface area contributed by atoms with E-state index in [1.807, 2.05) is 4.90 Å². The largest absolute Gasteiger partial charge is 0.435 e. The second-order valence-electron chi connectivity index (χ2n) is 11.1. The number of aromatic nitrogens is 2. The first-order chi connectivity index (χ1) is 20.3. The molecule has 15 heteroatoms. The number of anilines is 1. The summed E-state index contributed by atoms with van der Waals surface area (Å²) in [6, 6.07) is 3.82. The molecule has 0 saturated carbocycles. The zero-order valence-electron chi connectivity index (χ0n) is 23.9. The Morgan fingerprint density at radius 3 is 2.35 bits per heavy atom. The molecule has 0 aliphatic carbocycles. The number of alkyl halides is 3. The highest BCUT2D eigenvalue weighted by Crippen LogP contribution is 2.38. The smallest absolute Gasteiger partial charge is 0.368 e. The number of piperidine rings is 1. The van der Waals surface area contributed by atoms with Crippen LogP contribution in [0.15, 0.2) is 30.6 Å². The van der Waals surface area contributed by atoms with Crippen LogP contribution in [0.3, 0.4) is 0 Å². The number of benzene rings is 1. The summed E-state index contributed by atoms with van der Waals surface area (Å²) >= 11 is 6.56. The molecule has 1 aromatic carbocycles. The van der Waals surface area contributed by atoms with Crippen LogP contribution in [0.4, 0.5) is 18.9 Å². The van der Waals surface area contributed by atoms with Gasteiger partial charge in [0.1, 0.15) is 6.04 Å². The van der Waals surface area contributed by atoms with Gasteiger partial charge < -0.3 is 30.7 Å². The van der Waals surface area contributed by atoms with E-state index in [1.54, 1.807) is 39.9 Å². The third-order valence-corrected chi connectivity index (χ3v) is 8.53. The van der Waals surface area contributed by atoms with Gasteiger partial charge in [-0.05, 0) is 51.1 Å². The van der Waals surface area contributed by atoms with Crippen LogP contribution in [0, 0.1) is 5.92 Å². The molecule has 1 aromatic heterocycles. The fraction of sp³-hybridized carbons (Fsp3) is 0.500. The summed E-state index contributed by atoms with van der Waals surface area (Å²) in [4.78, 5) is 44.6. The standard InChI is InChI=1S/C28H34ClF3N8O3/c1-17(25(33)41)40-14-21(24(35-40)28(30,31)32)23-15-39(16-36(23)2)19-3-4-20(22(29)13-19)27(43)38-11-9-37(10-12-38)26(42)18-5-7-34-8-6-18/h3-4,13-15,17-18,34H,5-12,16H2,1-2H3,(H2,33,41). The van der Waals surface area contributed by atoms with Crippen molar-refractivity contribution >= 4 is 40.7 Å². The average Bonchev–Trinajstić information content (AvgIpc) is 3.60. The van der Waals surface area contributed by atoms with E-state index in [0.29, 0.717) is 37.4 Å². The molecule has 5 rings (SSSR count). The molecule has 0 spiro atoms. The molecular formula is C28H34ClF3N8O3. The molecule has 232 valence electrons. The van der Waals surface area contributed by atoms with Gasteiger partial charge in [-0.2, -0.15) is 18.3 Å². The van der Waals surface area contributed by atoms with E-state index in [1.165, 1.54) is 19.3 Å². The first-order valence-electron chi connectivity index (χ1n) is 14.1. The highest BCUT2D eigenvalue weighted by molar-refractivity contribution is 6.34. The Hall–Kier alpha value is -3.78. The topological polar surface area (TPSA) is 120 Å². The maximum Gasteiger partial charge on any atom is 0.435 e. The zero-order chi connectivity index (χ0) is 31.1. The molecule has 2 fully saturated rings. The van der Waals surface area contributed by atoms with Crippen LogP contribution in [-0.2, 0) is 15.8 Å². The second-order valence-corrected chi connectivity index (χ2v) is 11.5. The lowest BCUT2D eigenvalue weighted by atomic mass is 9.96. The third kappa shape index (κ3) is 6.30. The van der Waals surface area contributed by atoms with Crippen molar-refractivity contribution in [3.63, 3.8) is 0 Å². The Balaban J connectivity index is 1.29. The van der Waals surface area contributed by atoms with Crippen LogP contribution < -0.4 is 16.0 Å². The number of halogens is 4. The van der Waals surface area contributed by atoms with E-state index in [9.17, 15) is 27.6 Å². The van der Waals surface area contributed by atoms with Crippen molar-refractivity contribution in [1.82, 2.24) is 29.8 Å². The summed E-state index contributed by atoms with van der Waals surface area (Å²) in [5.74, 6) is -0.878. The number of piperazine rings is 1.